The van der Waals surface area contributed by atoms with Gasteiger partial charge in [0.2, 0.25) is 0 Å². The minimum atomic E-state index is -0.341. The monoisotopic (exact) mass is 188 g/mol. The summed E-state index contributed by atoms with van der Waals surface area (Å²) in [5.74, 6) is 0. The van der Waals surface area contributed by atoms with Gasteiger partial charge < -0.3 is 10.2 Å². The number of aliphatic hydroxyl groups is 2. The fraction of sp³-hybridized carbons (Fsp3) is 1.00. The third-order valence-electron chi connectivity index (χ3n) is 2.76. The molecule has 0 saturated carbocycles. The van der Waals surface area contributed by atoms with Gasteiger partial charge in [-0.1, -0.05) is 0 Å². The summed E-state index contributed by atoms with van der Waals surface area (Å²) >= 11 is 0. The third-order valence-corrected chi connectivity index (χ3v) is 2.76. The Balaban J connectivity index is 2.30. The lowest BCUT2D eigenvalue weighted by atomic mass is 10.2. The highest BCUT2D eigenvalue weighted by molar-refractivity contribution is 4.75. The van der Waals surface area contributed by atoms with Crippen molar-refractivity contribution < 1.29 is 10.2 Å². The van der Waals surface area contributed by atoms with Crippen LogP contribution in [0, 0.1) is 0 Å². The number of rotatable bonds is 3. The van der Waals surface area contributed by atoms with E-state index in [0.717, 1.165) is 26.2 Å². The number of aliphatic hydroxyl groups excluding tert-OH is 2. The minimum Gasteiger partial charge on any atom is -0.395 e. The fourth-order valence-electron chi connectivity index (χ4n) is 1.67. The predicted octanol–water partition coefficient (Wildman–Crippen LogP) is -0.677. The molecule has 13 heavy (non-hydrogen) atoms. The van der Waals surface area contributed by atoms with Crippen molar-refractivity contribution in [3.8, 4) is 0 Å². The Morgan fingerprint density at radius 3 is 1.92 bits per heavy atom. The van der Waals surface area contributed by atoms with E-state index >= 15 is 0 Å². The van der Waals surface area contributed by atoms with Gasteiger partial charge in [0, 0.05) is 32.2 Å². The molecule has 0 aliphatic carbocycles. The van der Waals surface area contributed by atoms with Gasteiger partial charge in [0.05, 0.1) is 6.61 Å². The van der Waals surface area contributed by atoms with Crippen LogP contribution < -0.4 is 0 Å². The molecule has 1 aliphatic heterocycles. The van der Waals surface area contributed by atoms with Gasteiger partial charge in [-0.05, 0) is 13.8 Å². The Morgan fingerprint density at radius 2 is 1.54 bits per heavy atom. The fourth-order valence-corrected chi connectivity index (χ4v) is 1.67. The van der Waals surface area contributed by atoms with E-state index in [2.05, 4.69) is 4.90 Å². The van der Waals surface area contributed by atoms with Gasteiger partial charge in [0.15, 0.2) is 0 Å². The first-order valence-electron chi connectivity index (χ1n) is 4.92. The van der Waals surface area contributed by atoms with Crippen LogP contribution in [0.5, 0.6) is 0 Å². The molecule has 2 unspecified atom stereocenters. The van der Waals surface area contributed by atoms with Crippen molar-refractivity contribution in [2.24, 2.45) is 0 Å². The molecular formula is C9H20N2O2. The van der Waals surface area contributed by atoms with Crippen LogP contribution in [-0.2, 0) is 0 Å². The summed E-state index contributed by atoms with van der Waals surface area (Å²) in [5, 5.41) is 18.3. The molecule has 2 N–H and O–H groups in total. The lowest BCUT2D eigenvalue weighted by Gasteiger charge is -2.38. The Bertz CT molecular complexity index is 145. The minimum absolute atomic E-state index is 0.217. The van der Waals surface area contributed by atoms with E-state index in [1.165, 1.54) is 0 Å². The van der Waals surface area contributed by atoms with Gasteiger partial charge in [-0.2, -0.15) is 0 Å². The van der Waals surface area contributed by atoms with E-state index in [-0.39, 0.29) is 18.9 Å². The predicted molar refractivity (Wildman–Crippen MR) is 51.4 cm³/mol. The average Bonchev–Trinajstić information content (AvgIpc) is 2.17. The molecular weight excluding hydrogens is 168 g/mol. The molecule has 78 valence electrons. The first-order valence-corrected chi connectivity index (χ1v) is 4.92. The molecule has 4 heteroatoms. The number of hydrogen-bond donors (Lipinski definition) is 2. The van der Waals surface area contributed by atoms with Crippen molar-refractivity contribution in [2.75, 3.05) is 32.8 Å². The number of hydrogen-bond acceptors (Lipinski definition) is 4. The van der Waals surface area contributed by atoms with Crippen LogP contribution in [0.2, 0.25) is 0 Å². The largest absolute Gasteiger partial charge is 0.395 e. The summed E-state index contributed by atoms with van der Waals surface area (Å²) in [7, 11) is 0. The van der Waals surface area contributed by atoms with Gasteiger partial charge in [-0.25, -0.2) is 0 Å². The zero-order valence-corrected chi connectivity index (χ0v) is 8.48. The maximum Gasteiger partial charge on any atom is 0.104 e. The molecule has 0 amide bonds. The summed E-state index contributed by atoms with van der Waals surface area (Å²) < 4.78 is 0. The highest BCUT2D eigenvalue weighted by Crippen LogP contribution is 2.07. The Kier molecular flexibility index (Phi) is 4.12. The SMILES string of the molecule is CC(O)N1CCN(C(C)CO)CC1. The topological polar surface area (TPSA) is 46.9 Å². The molecule has 2 atom stereocenters. The van der Waals surface area contributed by atoms with Crippen LogP contribution >= 0.6 is 0 Å². The van der Waals surface area contributed by atoms with Crippen molar-refractivity contribution in [2.45, 2.75) is 26.1 Å². The maximum atomic E-state index is 9.32. The van der Waals surface area contributed by atoms with Crippen LogP contribution in [-0.4, -0.2) is 65.1 Å². The highest BCUT2D eigenvalue weighted by Gasteiger charge is 2.22. The molecule has 1 heterocycles. The van der Waals surface area contributed by atoms with Crippen molar-refractivity contribution in [1.29, 1.82) is 0 Å². The Labute approximate surface area is 79.8 Å². The molecule has 1 fully saturated rings. The van der Waals surface area contributed by atoms with Gasteiger partial charge in [-0.15, -0.1) is 0 Å². The Hall–Kier alpha value is -0.160. The maximum absolute atomic E-state index is 9.32. The van der Waals surface area contributed by atoms with Crippen molar-refractivity contribution in [1.82, 2.24) is 9.80 Å². The second-order valence-electron chi connectivity index (χ2n) is 3.74. The molecule has 1 aliphatic rings. The van der Waals surface area contributed by atoms with Gasteiger partial charge in [0.1, 0.15) is 6.23 Å². The smallest absolute Gasteiger partial charge is 0.104 e. The van der Waals surface area contributed by atoms with E-state index in [9.17, 15) is 5.11 Å². The first-order chi connectivity index (χ1) is 6.15. The summed E-state index contributed by atoms with van der Waals surface area (Å²) in [6, 6.07) is 0.246. The van der Waals surface area contributed by atoms with Gasteiger partial charge >= 0.3 is 0 Å². The van der Waals surface area contributed by atoms with Crippen LogP contribution in [0.4, 0.5) is 0 Å². The van der Waals surface area contributed by atoms with Crippen molar-refractivity contribution in [3.05, 3.63) is 0 Å². The standard InChI is InChI=1S/C9H20N2O2/c1-8(7-12)10-3-5-11(6-4-10)9(2)13/h8-9,12-13H,3-7H2,1-2H3. The third kappa shape index (κ3) is 2.91. The zero-order chi connectivity index (χ0) is 9.84. The summed E-state index contributed by atoms with van der Waals surface area (Å²) in [4.78, 5) is 4.29. The highest BCUT2D eigenvalue weighted by atomic mass is 16.3. The molecule has 0 aromatic rings. The normalized spacial score (nSPS) is 25.8. The Morgan fingerprint density at radius 1 is 1.08 bits per heavy atom. The summed E-state index contributed by atoms with van der Waals surface area (Å²) in [6.07, 6.45) is -0.341. The molecule has 0 aromatic heterocycles. The van der Waals surface area contributed by atoms with Gasteiger partial charge in [-0.3, -0.25) is 9.80 Å². The van der Waals surface area contributed by atoms with Crippen LogP contribution in [0.15, 0.2) is 0 Å². The molecule has 1 saturated heterocycles. The summed E-state index contributed by atoms with van der Waals surface area (Å²) in [6.45, 7) is 7.70. The molecule has 0 aromatic carbocycles. The van der Waals surface area contributed by atoms with E-state index in [0.29, 0.717) is 0 Å². The molecule has 0 radical (unpaired) electrons. The van der Waals surface area contributed by atoms with Crippen molar-refractivity contribution in [3.63, 3.8) is 0 Å². The molecule has 0 spiro atoms. The first kappa shape index (κ1) is 10.9. The molecule has 1 rings (SSSR count). The van der Waals surface area contributed by atoms with E-state index < -0.39 is 0 Å². The number of nitrogens with zero attached hydrogens (tertiary/aromatic N) is 2. The molecule has 4 nitrogen and oxygen atoms in total. The van der Waals surface area contributed by atoms with Gasteiger partial charge in [0.25, 0.3) is 0 Å². The van der Waals surface area contributed by atoms with Crippen molar-refractivity contribution >= 4 is 0 Å². The summed E-state index contributed by atoms with van der Waals surface area (Å²) in [5.41, 5.74) is 0. The molecule has 0 bridgehead atoms. The van der Waals surface area contributed by atoms with E-state index in [4.69, 9.17) is 5.11 Å². The lowest BCUT2D eigenvalue weighted by Crippen LogP contribution is -2.52. The van der Waals surface area contributed by atoms with Crippen LogP contribution in [0.1, 0.15) is 13.8 Å². The number of piperazine rings is 1. The van der Waals surface area contributed by atoms with Crippen LogP contribution in [0.25, 0.3) is 0 Å². The van der Waals surface area contributed by atoms with E-state index in [1.54, 1.807) is 6.92 Å². The second-order valence-corrected chi connectivity index (χ2v) is 3.74. The van der Waals surface area contributed by atoms with E-state index in [1.807, 2.05) is 11.8 Å². The second kappa shape index (κ2) is 4.91. The van der Waals surface area contributed by atoms with Crippen LogP contribution in [0.3, 0.4) is 0 Å². The zero-order valence-electron chi connectivity index (χ0n) is 8.48. The average molecular weight is 188 g/mol. The quantitative estimate of drug-likeness (QED) is 0.616. The lowest BCUT2D eigenvalue weighted by molar-refractivity contribution is -0.0241.